The minimum Gasteiger partial charge on any atom is -0.346 e. The van der Waals surface area contributed by atoms with Gasteiger partial charge < -0.3 is 5.32 Å². The molecular formula is C15H14ClFN4OS. The highest BCUT2D eigenvalue weighted by molar-refractivity contribution is 7.16. The van der Waals surface area contributed by atoms with Gasteiger partial charge in [0.15, 0.2) is 0 Å². The van der Waals surface area contributed by atoms with Gasteiger partial charge in [0.25, 0.3) is 5.91 Å². The molecule has 0 saturated heterocycles. The average Bonchev–Trinajstić information content (AvgIpc) is 3.01. The lowest BCUT2D eigenvalue weighted by Gasteiger charge is -2.07. The van der Waals surface area contributed by atoms with E-state index < -0.39 is 5.82 Å². The molecule has 8 heteroatoms. The number of aromatic nitrogens is 3. The van der Waals surface area contributed by atoms with Crippen LogP contribution in [-0.2, 0) is 13.0 Å². The van der Waals surface area contributed by atoms with E-state index in [0.29, 0.717) is 0 Å². The summed E-state index contributed by atoms with van der Waals surface area (Å²) in [6.07, 6.45) is 0.837. The largest absolute Gasteiger partial charge is 0.346 e. The van der Waals surface area contributed by atoms with Gasteiger partial charge in [0.05, 0.1) is 28.5 Å². The monoisotopic (exact) mass is 352 g/mol. The first-order chi connectivity index (χ1) is 11.0. The fourth-order valence-electron chi connectivity index (χ4n) is 2.21. The molecule has 0 aliphatic heterocycles. The fourth-order valence-corrected chi connectivity index (χ4v) is 3.36. The quantitative estimate of drug-likeness (QED) is 0.783. The van der Waals surface area contributed by atoms with E-state index >= 15 is 0 Å². The summed E-state index contributed by atoms with van der Waals surface area (Å²) in [5, 5.41) is 8.33. The number of nitrogens with zero attached hydrogens (tertiary/aromatic N) is 3. The summed E-state index contributed by atoms with van der Waals surface area (Å²) in [6, 6.07) is 3.69. The van der Waals surface area contributed by atoms with Gasteiger partial charge in [-0.05, 0) is 31.5 Å². The Kier molecular flexibility index (Phi) is 4.32. The van der Waals surface area contributed by atoms with Crippen molar-refractivity contribution in [3.8, 4) is 0 Å². The second-order valence-corrected chi connectivity index (χ2v) is 6.44. The Morgan fingerprint density at radius 3 is 2.96 bits per heavy atom. The Morgan fingerprint density at radius 1 is 1.48 bits per heavy atom. The van der Waals surface area contributed by atoms with E-state index in [0.717, 1.165) is 33.8 Å². The molecule has 5 nitrogen and oxygen atoms in total. The zero-order valence-corrected chi connectivity index (χ0v) is 14.1. The van der Waals surface area contributed by atoms with E-state index in [1.54, 1.807) is 4.52 Å². The second kappa shape index (κ2) is 6.25. The number of carbonyl (C=O) groups is 1. The molecule has 2 aromatic heterocycles. The molecule has 0 unspecified atom stereocenters. The first-order valence-electron chi connectivity index (χ1n) is 7.06. The number of benzene rings is 1. The number of imidazole rings is 1. The van der Waals surface area contributed by atoms with Crippen LogP contribution in [0.25, 0.3) is 4.96 Å². The first kappa shape index (κ1) is 15.9. The van der Waals surface area contributed by atoms with Gasteiger partial charge >= 0.3 is 0 Å². The number of amides is 1. The molecular weight excluding hydrogens is 339 g/mol. The van der Waals surface area contributed by atoms with E-state index in [4.69, 9.17) is 11.6 Å². The molecule has 120 valence electrons. The van der Waals surface area contributed by atoms with E-state index in [-0.39, 0.29) is 23.0 Å². The maximum absolute atomic E-state index is 13.0. The van der Waals surface area contributed by atoms with Crippen LogP contribution in [0.15, 0.2) is 18.2 Å². The van der Waals surface area contributed by atoms with Gasteiger partial charge in [0.2, 0.25) is 4.96 Å². The summed E-state index contributed by atoms with van der Waals surface area (Å²) in [7, 11) is 0. The molecule has 0 fully saturated rings. The van der Waals surface area contributed by atoms with Crippen molar-refractivity contribution in [2.75, 3.05) is 0 Å². The van der Waals surface area contributed by atoms with Crippen LogP contribution in [0.1, 0.15) is 33.7 Å². The zero-order valence-electron chi connectivity index (χ0n) is 12.6. The van der Waals surface area contributed by atoms with Crippen molar-refractivity contribution in [1.29, 1.82) is 0 Å². The molecule has 2 heterocycles. The molecule has 3 aromatic rings. The number of rotatable bonds is 4. The predicted molar refractivity (Wildman–Crippen MR) is 87.6 cm³/mol. The lowest BCUT2D eigenvalue weighted by molar-refractivity contribution is 0.0950. The minimum absolute atomic E-state index is 0.0829. The Bertz CT molecular complexity index is 889. The highest BCUT2D eigenvalue weighted by Crippen LogP contribution is 2.20. The van der Waals surface area contributed by atoms with E-state index in [2.05, 4.69) is 15.4 Å². The predicted octanol–water partition coefficient (Wildman–Crippen LogP) is 3.38. The van der Waals surface area contributed by atoms with Crippen molar-refractivity contribution in [1.82, 2.24) is 19.9 Å². The Labute approximate surface area is 141 Å². The van der Waals surface area contributed by atoms with Crippen LogP contribution in [0.2, 0.25) is 5.02 Å². The van der Waals surface area contributed by atoms with Crippen LogP contribution in [0, 0.1) is 12.7 Å². The Balaban J connectivity index is 1.81. The lowest BCUT2D eigenvalue weighted by atomic mass is 10.2. The van der Waals surface area contributed by atoms with Gasteiger partial charge in [-0.2, -0.15) is 5.10 Å². The molecule has 0 atom stereocenters. The first-order valence-corrected chi connectivity index (χ1v) is 8.26. The van der Waals surface area contributed by atoms with Crippen LogP contribution in [0.4, 0.5) is 4.39 Å². The number of hydrogen-bond donors (Lipinski definition) is 1. The van der Waals surface area contributed by atoms with Crippen molar-refractivity contribution in [3.63, 3.8) is 0 Å². The third-order valence-electron chi connectivity index (χ3n) is 3.43. The van der Waals surface area contributed by atoms with E-state index in [1.165, 1.54) is 23.5 Å². The number of nitrogens with one attached hydrogen (secondary N) is 1. The molecule has 1 amide bonds. The molecule has 0 spiro atoms. The third kappa shape index (κ3) is 3.07. The molecule has 23 heavy (non-hydrogen) atoms. The summed E-state index contributed by atoms with van der Waals surface area (Å²) >= 11 is 7.44. The normalized spacial score (nSPS) is 11.1. The molecule has 3 rings (SSSR count). The lowest BCUT2D eigenvalue weighted by Crippen LogP contribution is -2.24. The van der Waals surface area contributed by atoms with Crippen LogP contribution in [0.5, 0.6) is 0 Å². The topological polar surface area (TPSA) is 59.3 Å². The Morgan fingerprint density at radius 2 is 2.26 bits per heavy atom. The molecule has 0 aliphatic carbocycles. The van der Waals surface area contributed by atoms with Gasteiger partial charge in [-0.1, -0.05) is 29.9 Å². The standard InChI is InChI=1S/C15H14ClFN4OS/c1-3-13-20-21-12(8(2)19-15(21)23-13)7-18-14(22)10-5-4-9(17)6-11(10)16/h4-6H,3,7H2,1-2H3,(H,18,22). The second-order valence-electron chi connectivity index (χ2n) is 4.99. The van der Waals surface area contributed by atoms with Crippen LogP contribution in [-0.4, -0.2) is 20.5 Å². The molecule has 0 aliphatic rings. The van der Waals surface area contributed by atoms with Crippen molar-refractivity contribution >= 4 is 33.8 Å². The number of aryl methyl sites for hydroxylation is 2. The highest BCUT2D eigenvalue weighted by Gasteiger charge is 2.16. The van der Waals surface area contributed by atoms with Gasteiger partial charge in [0.1, 0.15) is 10.8 Å². The van der Waals surface area contributed by atoms with Gasteiger partial charge in [-0.25, -0.2) is 13.9 Å². The minimum atomic E-state index is -0.477. The fraction of sp³-hybridized carbons (Fsp3) is 0.267. The molecule has 0 bridgehead atoms. The molecule has 1 N–H and O–H groups in total. The summed E-state index contributed by atoms with van der Waals surface area (Å²) in [5.41, 5.74) is 1.87. The number of fused-ring (bicyclic) bond motifs is 1. The van der Waals surface area contributed by atoms with Crippen LogP contribution < -0.4 is 5.32 Å². The van der Waals surface area contributed by atoms with Crippen molar-refractivity contribution in [2.45, 2.75) is 26.8 Å². The maximum atomic E-state index is 13.0. The summed E-state index contributed by atoms with van der Waals surface area (Å²) < 4.78 is 14.8. The van der Waals surface area contributed by atoms with Crippen LogP contribution in [0.3, 0.4) is 0 Å². The number of halogens is 2. The summed E-state index contributed by atoms with van der Waals surface area (Å²) in [5.74, 6) is -0.843. The highest BCUT2D eigenvalue weighted by atomic mass is 35.5. The number of carbonyl (C=O) groups excluding carboxylic acids is 1. The van der Waals surface area contributed by atoms with Crippen molar-refractivity contribution in [2.24, 2.45) is 0 Å². The van der Waals surface area contributed by atoms with Gasteiger partial charge in [-0.3, -0.25) is 4.79 Å². The van der Waals surface area contributed by atoms with Gasteiger partial charge in [-0.15, -0.1) is 0 Å². The van der Waals surface area contributed by atoms with Gasteiger partial charge in [0, 0.05) is 0 Å². The smallest absolute Gasteiger partial charge is 0.253 e. The average molecular weight is 353 g/mol. The summed E-state index contributed by atoms with van der Waals surface area (Å²) in [4.78, 5) is 17.5. The third-order valence-corrected chi connectivity index (χ3v) is 4.80. The van der Waals surface area contributed by atoms with E-state index in [1.807, 2.05) is 13.8 Å². The SMILES string of the molecule is CCc1nn2c(CNC(=O)c3ccc(F)cc3Cl)c(C)nc2s1. The molecule has 0 radical (unpaired) electrons. The molecule has 0 saturated carbocycles. The number of hydrogen-bond acceptors (Lipinski definition) is 4. The van der Waals surface area contributed by atoms with E-state index in [9.17, 15) is 9.18 Å². The van der Waals surface area contributed by atoms with Crippen molar-refractivity contribution in [3.05, 3.63) is 51.0 Å². The molecule has 1 aromatic carbocycles. The Hall–Kier alpha value is -1.99. The van der Waals surface area contributed by atoms with Crippen molar-refractivity contribution < 1.29 is 9.18 Å². The van der Waals surface area contributed by atoms with Crippen LogP contribution >= 0.6 is 22.9 Å². The zero-order chi connectivity index (χ0) is 16.6. The maximum Gasteiger partial charge on any atom is 0.253 e. The summed E-state index contributed by atoms with van der Waals surface area (Å²) in [6.45, 7) is 4.18.